The summed E-state index contributed by atoms with van der Waals surface area (Å²) in [5, 5.41) is 4.63. The number of thiophene rings is 1. The first-order valence-electron chi connectivity index (χ1n) is 9.23. The van der Waals surface area contributed by atoms with Crippen molar-refractivity contribution >= 4 is 56.4 Å². The summed E-state index contributed by atoms with van der Waals surface area (Å²) in [5.41, 5.74) is 1.34. The van der Waals surface area contributed by atoms with Crippen LogP contribution >= 0.6 is 27.3 Å². The molecular formula is C22H17BrN2O4S. The number of carbonyl (C=O) groups excluding carboxylic acids is 3. The number of hydrogen-bond donors (Lipinski definition) is 1. The molecule has 0 bridgehead atoms. The van der Waals surface area contributed by atoms with Crippen molar-refractivity contribution in [2.24, 2.45) is 5.92 Å². The maximum atomic E-state index is 12.6. The average Bonchev–Trinajstić information content (AvgIpc) is 3.40. The molecule has 6 nitrogen and oxygen atoms in total. The highest BCUT2D eigenvalue weighted by Gasteiger charge is 2.37. The predicted octanol–water partition coefficient (Wildman–Crippen LogP) is 4.72. The Kier molecular flexibility index (Phi) is 5.96. The molecule has 1 aromatic heterocycles. The molecule has 1 aliphatic heterocycles. The molecule has 0 spiro atoms. The van der Waals surface area contributed by atoms with Gasteiger partial charge in [-0.05, 0) is 63.8 Å². The SMILES string of the molecule is O=C(Nc1ccc(OC(=O)C2CC(=O)N(c3ccccc3Br)C2)cc1)c1cccs1. The Bertz CT molecular complexity index is 1080. The standard InChI is InChI=1S/C22H17BrN2O4S/c23-17-4-1-2-5-18(17)25-13-14(12-20(25)26)22(28)29-16-9-7-15(8-10-16)24-21(27)19-6-3-11-30-19/h1-11,14H,12-13H2,(H,24,27). The minimum atomic E-state index is -0.539. The van der Waals surface area contributed by atoms with E-state index in [1.54, 1.807) is 35.2 Å². The van der Waals surface area contributed by atoms with Crippen LogP contribution in [0.15, 0.2) is 70.5 Å². The van der Waals surface area contributed by atoms with Crippen LogP contribution in [0.1, 0.15) is 16.1 Å². The number of anilines is 2. The highest BCUT2D eigenvalue weighted by molar-refractivity contribution is 9.10. The van der Waals surface area contributed by atoms with Gasteiger partial charge in [0.1, 0.15) is 5.75 Å². The quantitative estimate of drug-likeness (QED) is 0.419. The molecular weight excluding hydrogens is 468 g/mol. The molecule has 0 saturated carbocycles. The Labute approximate surface area is 185 Å². The number of ether oxygens (including phenoxy) is 1. The van der Waals surface area contributed by atoms with Crippen molar-refractivity contribution < 1.29 is 19.1 Å². The number of carbonyl (C=O) groups is 3. The number of amides is 2. The highest BCUT2D eigenvalue weighted by atomic mass is 79.9. The summed E-state index contributed by atoms with van der Waals surface area (Å²) in [6, 6.07) is 17.5. The number of nitrogens with one attached hydrogen (secondary N) is 1. The maximum absolute atomic E-state index is 12.6. The minimum absolute atomic E-state index is 0.106. The van der Waals surface area contributed by atoms with Crippen LogP contribution in [0.5, 0.6) is 5.75 Å². The zero-order valence-corrected chi connectivity index (χ0v) is 18.1. The molecule has 30 heavy (non-hydrogen) atoms. The molecule has 1 atom stereocenters. The van der Waals surface area contributed by atoms with E-state index < -0.39 is 11.9 Å². The molecule has 1 fully saturated rings. The molecule has 2 amide bonds. The van der Waals surface area contributed by atoms with Crippen LogP contribution in [-0.4, -0.2) is 24.3 Å². The summed E-state index contributed by atoms with van der Waals surface area (Å²) in [7, 11) is 0. The third-order valence-corrected chi connectivity index (χ3v) is 6.22. The predicted molar refractivity (Wildman–Crippen MR) is 119 cm³/mol. The molecule has 1 aliphatic rings. The molecule has 1 saturated heterocycles. The minimum Gasteiger partial charge on any atom is -0.426 e. The van der Waals surface area contributed by atoms with E-state index in [0.717, 1.165) is 10.2 Å². The van der Waals surface area contributed by atoms with Crippen LogP contribution in [0.25, 0.3) is 0 Å². The molecule has 3 aromatic rings. The first-order valence-corrected chi connectivity index (χ1v) is 10.9. The first kappa shape index (κ1) is 20.3. The lowest BCUT2D eigenvalue weighted by Crippen LogP contribution is -2.27. The van der Waals surface area contributed by atoms with Gasteiger partial charge in [0.05, 0.1) is 16.5 Å². The van der Waals surface area contributed by atoms with E-state index >= 15 is 0 Å². The Morgan fingerprint density at radius 1 is 1.07 bits per heavy atom. The van der Waals surface area contributed by atoms with E-state index in [2.05, 4.69) is 21.2 Å². The van der Waals surface area contributed by atoms with Gasteiger partial charge in [0, 0.05) is 23.1 Å². The largest absolute Gasteiger partial charge is 0.426 e. The monoisotopic (exact) mass is 484 g/mol. The van der Waals surface area contributed by atoms with Gasteiger partial charge < -0.3 is 15.0 Å². The van der Waals surface area contributed by atoms with Crippen LogP contribution in [0, 0.1) is 5.92 Å². The van der Waals surface area contributed by atoms with Crippen LogP contribution in [-0.2, 0) is 9.59 Å². The molecule has 1 unspecified atom stereocenters. The van der Waals surface area contributed by atoms with Crippen molar-refractivity contribution in [3.05, 3.63) is 75.4 Å². The molecule has 2 heterocycles. The molecule has 152 valence electrons. The third-order valence-electron chi connectivity index (χ3n) is 4.68. The second-order valence-corrected chi connectivity index (χ2v) is 8.54. The highest BCUT2D eigenvalue weighted by Crippen LogP contribution is 2.32. The fourth-order valence-electron chi connectivity index (χ4n) is 3.18. The van der Waals surface area contributed by atoms with Gasteiger partial charge in [-0.25, -0.2) is 0 Å². The molecule has 4 rings (SSSR count). The summed E-state index contributed by atoms with van der Waals surface area (Å²) >= 11 is 4.80. The number of benzene rings is 2. The van der Waals surface area contributed by atoms with Gasteiger partial charge in [-0.2, -0.15) is 0 Å². The summed E-state index contributed by atoms with van der Waals surface area (Å²) in [6.45, 7) is 0.273. The summed E-state index contributed by atoms with van der Waals surface area (Å²) in [6.07, 6.45) is 0.106. The Morgan fingerprint density at radius 2 is 1.83 bits per heavy atom. The van der Waals surface area contributed by atoms with Crippen molar-refractivity contribution in [3.63, 3.8) is 0 Å². The molecule has 1 N–H and O–H groups in total. The van der Waals surface area contributed by atoms with Crippen molar-refractivity contribution in [1.29, 1.82) is 0 Å². The van der Waals surface area contributed by atoms with E-state index in [9.17, 15) is 14.4 Å². The van der Waals surface area contributed by atoms with Crippen LogP contribution in [0.4, 0.5) is 11.4 Å². The topological polar surface area (TPSA) is 75.7 Å². The van der Waals surface area contributed by atoms with Crippen LogP contribution in [0.3, 0.4) is 0 Å². The van der Waals surface area contributed by atoms with Crippen molar-refractivity contribution in [2.75, 3.05) is 16.8 Å². The fourth-order valence-corrected chi connectivity index (χ4v) is 4.29. The van der Waals surface area contributed by atoms with Gasteiger partial charge in [-0.15, -0.1) is 11.3 Å². The second kappa shape index (κ2) is 8.81. The number of rotatable bonds is 5. The van der Waals surface area contributed by atoms with Crippen molar-refractivity contribution in [2.45, 2.75) is 6.42 Å². The fraction of sp³-hybridized carbons (Fsp3) is 0.136. The van der Waals surface area contributed by atoms with Gasteiger partial charge in [0.25, 0.3) is 5.91 Å². The second-order valence-electron chi connectivity index (χ2n) is 6.73. The Hall–Kier alpha value is -2.97. The van der Waals surface area contributed by atoms with Gasteiger partial charge in [-0.3, -0.25) is 14.4 Å². The van der Waals surface area contributed by atoms with Gasteiger partial charge in [-0.1, -0.05) is 18.2 Å². The van der Waals surface area contributed by atoms with Crippen LogP contribution in [0.2, 0.25) is 0 Å². The van der Waals surface area contributed by atoms with Crippen molar-refractivity contribution in [1.82, 2.24) is 0 Å². The molecule has 0 radical (unpaired) electrons. The van der Waals surface area contributed by atoms with E-state index in [1.807, 2.05) is 35.7 Å². The molecule has 8 heteroatoms. The van der Waals surface area contributed by atoms with Gasteiger partial charge in [0.15, 0.2) is 0 Å². The Morgan fingerprint density at radius 3 is 2.53 bits per heavy atom. The van der Waals surface area contributed by atoms with Crippen molar-refractivity contribution in [3.8, 4) is 5.75 Å². The number of para-hydroxylation sites is 1. The number of halogens is 1. The third kappa shape index (κ3) is 4.44. The lowest BCUT2D eigenvalue weighted by molar-refractivity contribution is -0.139. The maximum Gasteiger partial charge on any atom is 0.316 e. The Balaban J connectivity index is 1.36. The van der Waals surface area contributed by atoms with Crippen LogP contribution < -0.4 is 15.0 Å². The zero-order chi connectivity index (χ0) is 21.1. The lowest BCUT2D eigenvalue weighted by atomic mass is 10.1. The van der Waals surface area contributed by atoms with E-state index in [0.29, 0.717) is 16.3 Å². The smallest absolute Gasteiger partial charge is 0.316 e. The summed E-state index contributed by atoms with van der Waals surface area (Å²) in [4.78, 5) is 39.3. The normalized spacial score (nSPS) is 15.8. The number of esters is 1. The van der Waals surface area contributed by atoms with E-state index in [-0.39, 0.29) is 24.8 Å². The van der Waals surface area contributed by atoms with Gasteiger partial charge in [0.2, 0.25) is 5.91 Å². The van der Waals surface area contributed by atoms with E-state index in [4.69, 9.17) is 4.74 Å². The number of hydrogen-bond acceptors (Lipinski definition) is 5. The molecule has 0 aliphatic carbocycles. The summed E-state index contributed by atoms with van der Waals surface area (Å²) in [5.74, 6) is -0.932. The number of nitrogens with zero attached hydrogens (tertiary/aromatic N) is 1. The summed E-state index contributed by atoms with van der Waals surface area (Å²) < 4.78 is 6.25. The van der Waals surface area contributed by atoms with E-state index in [1.165, 1.54) is 11.3 Å². The average molecular weight is 485 g/mol. The first-order chi connectivity index (χ1) is 14.5. The zero-order valence-electron chi connectivity index (χ0n) is 15.7. The molecule has 2 aromatic carbocycles. The lowest BCUT2D eigenvalue weighted by Gasteiger charge is -2.18. The van der Waals surface area contributed by atoms with Gasteiger partial charge >= 0.3 is 5.97 Å².